The van der Waals surface area contributed by atoms with Crippen molar-refractivity contribution in [1.82, 2.24) is 10.6 Å². The number of amides is 2. The first-order valence-electron chi connectivity index (χ1n) is 9.97. The van der Waals surface area contributed by atoms with E-state index in [1.807, 2.05) is 48.5 Å². The Balaban J connectivity index is 1.61. The van der Waals surface area contributed by atoms with Gasteiger partial charge >= 0.3 is 12.1 Å². The van der Waals surface area contributed by atoms with E-state index in [0.29, 0.717) is 0 Å². The maximum absolute atomic E-state index is 12.4. The number of terminal acetylenes is 1. The highest BCUT2D eigenvalue weighted by molar-refractivity contribution is 5.86. The van der Waals surface area contributed by atoms with E-state index >= 15 is 0 Å². The fourth-order valence-corrected chi connectivity index (χ4v) is 3.57. The highest BCUT2D eigenvalue weighted by Crippen LogP contribution is 2.44. The van der Waals surface area contributed by atoms with E-state index in [9.17, 15) is 14.4 Å². The van der Waals surface area contributed by atoms with Gasteiger partial charge in [-0.15, -0.1) is 12.3 Å². The molecule has 0 heterocycles. The van der Waals surface area contributed by atoms with Crippen molar-refractivity contribution in [3.63, 3.8) is 0 Å². The molecule has 2 unspecified atom stereocenters. The average Bonchev–Trinajstić information content (AvgIpc) is 3.09. The molecule has 0 saturated heterocycles. The van der Waals surface area contributed by atoms with Crippen molar-refractivity contribution in [2.24, 2.45) is 5.92 Å². The third-order valence-corrected chi connectivity index (χ3v) is 5.28. The standard InChI is InChI=1S/C24H24N2O5/c1-3-8-21(22(27)25-13-15(2)23(28)29)26-24(30)31-14-20-18-11-6-4-9-16(18)17-10-5-7-12-19(17)20/h1,4-7,9-12,15,20-21H,8,13-14H2,2H3,(H,25,27)(H,26,30)(H,28,29). The largest absolute Gasteiger partial charge is 0.481 e. The van der Waals surface area contributed by atoms with Crippen LogP contribution in [0, 0.1) is 18.3 Å². The summed E-state index contributed by atoms with van der Waals surface area (Å²) in [7, 11) is 0. The number of alkyl carbamates (subject to hydrolysis) is 1. The van der Waals surface area contributed by atoms with Gasteiger partial charge in [0, 0.05) is 18.9 Å². The van der Waals surface area contributed by atoms with Gasteiger partial charge < -0.3 is 20.5 Å². The molecule has 0 aliphatic heterocycles. The first-order valence-corrected chi connectivity index (χ1v) is 9.97. The molecule has 2 aromatic carbocycles. The van der Waals surface area contributed by atoms with Crippen molar-refractivity contribution in [3.8, 4) is 23.5 Å². The van der Waals surface area contributed by atoms with Crippen LogP contribution in [-0.2, 0) is 14.3 Å². The van der Waals surface area contributed by atoms with Gasteiger partial charge in [-0.2, -0.15) is 0 Å². The Morgan fingerprint density at radius 3 is 2.23 bits per heavy atom. The van der Waals surface area contributed by atoms with Gasteiger partial charge in [-0.3, -0.25) is 9.59 Å². The van der Waals surface area contributed by atoms with E-state index in [-0.39, 0.29) is 25.5 Å². The first-order chi connectivity index (χ1) is 14.9. The van der Waals surface area contributed by atoms with E-state index in [1.165, 1.54) is 6.92 Å². The Morgan fingerprint density at radius 1 is 1.10 bits per heavy atom. The third kappa shape index (κ3) is 5.04. The number of fused-ring (bicyclic) bond motifs is 3. The van der Waals surface area contributed by atoms with Crippen LogP contribution in [0.15, 0.2) is 48.5 Å². The molecule has 1 aliphatic rings. The molecule has 3 rings (SSSR count). The lowest BCUT2D eigenvalue weighted by atomic mass is 9.98. The lowest BCUT2D eigenvalue weighted by Gasteiger charge is -2.19. The van der Waals surface area contributed by atoms with Crippen LogP contribution in [0.5, 0.6) is 0 Å². The van der Waals surface area contributed by atoms with Crippen LogP contribution in [0.1, 0.15) is 30.4 Å². The fourth-order valence-electron chi connectivity index (χ4n) is 3.57. The van der Waals surface area contributed by atoms with Crippen molar-refractivity contribution in [2.45, 2.75) is 25.3 Å². The predicted octanol–water partition coefficient (Wildman–Crippen LogP) is 2.75. The number of carboxylic acids is 1. The molecule has 0 spiro atoms. The fraction of sp³-hybridized carbons (Fsp3) is 0.292. The second kappa shape index (κ2) is 9.81. The molecule has 2 atom stereocenters. The maximum Gasteiger partial charge on any atom is 0.407 e. The van der Waals surface area contributed by atoms with Crippen LogP contribution in [0.25, 0.3) is 11.1 Å². The van der Waals surface area contributed by atoms with Crippen LogP contribution in [0.4, 0.5) is 4.79 Å². The molecule has 7 nitrogen and oxygen atoms in total. The number of nitrogens with one attached hydrogen (secondary N) is 2. The summed E-state index contributed by atoms with van der Waals surface area (Å²) in [4.78, 5) is 35.6. The van der Waals surface area contributed by atoms with Crippen LogP contribution in [0.2, 0.25) is 0 Å². The van der Waals surface area contributed by atoms with E-state index < -0.39 is 29.9 Å². The van der Waals surface area contributed by atoms with Gasteiger partial charge in [0.25, 0.3) is 0 Å². The van der Waals surface area contributed by atoms with E-state index in [0.717, 1.165) is 22.3 Å². The van der Waals surface area contributed by atoms with Gasteiger partial charge in [0.2, 0.25) is 5.91 Å². The molecule has 31 heavy (non-hydrogen) atoms. The zero-order valence-electron chi connectivity index (χ0n) is 17.1. The molecule has 0 saturated carbocycles. The third-order valence-electron chi connectivity index (χ3n) is 5.28. The maximum atomic E-state index is 12.4. The molecular formula is C24H24N2O5. The van der Waals surface area contributed by atoms with E-state index in [1.54, 1.807) is 0 Å². The Kier molecular flexibility index (Phi) is 6.93. The quantitative estimate of drug-likeness (QED) is 0.570. The smallest absolute Gasteiger partial charge is 0.407 e. The number of ether oxygens (including phenoxy) is 1. The summed E-state index contributed by atoms with van der Waals surface area (Å²) in [5.74, 6) is -0.107. The van der Waals surface area contributed by atoms with Gasteiger partial charge in [-0.1, -0.05) is 55.5 Å². The molecule has 0 fully saturated rings. The molecule has 2 amide bonds. The Labute approximate surface area is 180 Å². The molecule has 0 aromatic heterocycles. The second-order valence-corrected chi connectivity index (χ2v) is 7.42. The molecule has 0 radical (unpaired) electrons. The van der Waals surface area contributed by atoms with Crippen molar-refractivity contribution >= 4 is 18.0 Å². The van der Waals surface area contributed by atoms with Gasteiger partial charge in [0.1, 0.15) is 12.6 Å². The molecule has 7 heteroatoms. The minimum absolute atomic E-state index is 0.0442. The minimum atomic E-state index is -1.03. The lowest BCUT2D eigenvalue weighted by molar-refractivity contribution is -0.141. The van der Waals surface area contributed by atoms with Crippen LogP contribution >= 0.6 is 0 Å². The minimum Gasteiger partial charge on any atom is -0.481 e. The number of aliphatic carboxylic acids is 1. The normalized spacial score (nSPS) is 13.8. The van der Waals surface area contributed by atoms with E-state index in [2.05, 4.69) is 16.6 Å². The predicted molar refractivity (Wildman–Crippen MR) is 115 cm³/mol. The van der Waals surface area contributed by atoms with Crippen LogP contribution < -0.4 is 10.6 Å². The number of hydrogen-bond acceptors (Lipinski definition) is 4. The van der Waals surface area contributed by atoms with Crippen molar-refractivity contribution in [3.05, 3.63) is 59.7 Å². The van der Waals surface area contributed by atoms with Crippen molar-refractivity contribution < 1.29 is 24.2 Å². The summed E-state index contributed by atoms with van der Waals surface area (Å²) in [6.45, 7) is 1.51. The summed E-state index contributed by atoms with van der Waals surface area (Å²) in [5.41, 5.74) is 4.39. The summed E-state index contributed by atoms with van der Waals surface area (Å²) in [5, 5.41) is 13.9. The SMILES string of the molecule is C#CCC(NC(=O)OCC1c2ccccc2-c2ccccc21)C(=O)NCC(C)C(=O)O. The number of carbonyl (C=O) groups is 3. The summed E-state index contributed by atoms with van der Waals surface area (Å²) < 4.78 is 5.44. The second-order valence-electron chi connectivity index (χ2n) is 7.42. The lowest BCUT2D eigenvalue weighted by Crippen LogP contribution is -2.48. The highest BCUT2D eigenvalue weighted by Gasteiger charge is 2.29. The van der Waals surface area contributed by atoms with Gasteiger partial charge in [0.05, 0.1) is 5.92 Å². The summed E-state index contributed by atoms with van der Waals surface area (Å²) in [6, 6.07) is 14.9. The molecule has 1 aliphatic carbocycles. The number of carboxylic acid groups (broad SMARTS) is 1. The Morgan fingerprint density at radius 2 is 1.68 bits per heavy atom. The molecule has 2 aromatic rings. The topological polar surface area (TPSA) is 105 Å². The Hall–Kier alpha value is -3.79. The van der Waals surface area contributed by atoms with Crippen molar-refractivity contribution in [2.75, 3.05) is 13.2 Å². The summed E-state index contributed by atoms with van der Waals surface area (Å²) in [6.07, 6.45) is 4.51. The van der Waals surface area contributed by atoms with Gasteiger partial charge in [-0.05, 0) is 22.3 Å². The zero-order chi connectivity index (χ0) is 22.4. The highest BCUT2D eigenvalue weighted by atomic mass is 16.5. The zero-order valence-corrected chi connectivity index (χ0v) is 17.1. The van der Waals surface area contributed by atoms with Crippen LogP contribution in [-0.4, -0.2) is 42.3 Å². The molecular weight excluding hydrogens is 396 g/mol. The van der Waals surface area contributed by atoms with Gasteiger partial charge in [-0.25, -0.2) is 4.79 Å². The monoisotopic (exact) mass is 420 g/mol. The van der Waals surface area contributed by atoms with Crippen LogP contribution in [0.3, 0.4) is 0 Å². The summed E-state index contributed by atoms with van der Waals surface area (Å²) >= 11 is 0. The number of carbonyl (C=O) groups excluding carboxylic acids is 2. The molecule has 0 bridgehead atoms. The molecule has 160 valence electrons. The number of benzene rings is 2. The van der Waals surface area contributed by atoms with E-state index in [4.69, 9.17) is 16.3 Å². The Bertz CT molecular complexity index is 981. The number of rotatable bonds is 8. The van der Waals surface area contributed by atoms with Crippen molar-refractivity contribution in [1.29, 1.82) is 0 Å². The average molecular weight is 420 g/mol. The number of hydrogen-bond donors (Lipinski definition) is 3. The molecule has 3 N–H and O–H groups in total. The van der Waals surface area contributed by atoms with Gasteiger partial charge in [0.15, 0.2) is 0 Å². The first kappa shape index (κ1) is 21.9.